The summed E-state index contributed by atoms with van der Waals surface area (Å²) in [7, 11) is 0. The quantitative estimate of drug-likeness (QED) is 0.805. The van der Waals surface area contributed by atoms with Crippen LogP contribution in [-0.4, -0.2) is 26.5 Å². The Labute approximate surface area is 113 Å². The maximum atomic E-state index is 4.55. The fraction of sp³-hybridized carbons (Fsp3) is 0.500. The molecule has 2 heterocycles. The Morgan fingerprint density at radius 3 is 2.84 bits per heavy atom. The minimum atomic E-state index is 0.673. The minimum Gasteiger partial charge on any atom is -0.311 e. The lowest BCUT2D eigenvalue weighted by Gasteiger charge is -2.03. The van der Waals surface area contributed by atoms with Crippen LogP contribution < -0.4 is 5.32 Å². The van der Waals surface area contributed by atoms with Crippen LogP contribution in [-0.2, 0) is 6.54 Å². The second-order valence-corrected chi connectivity index (χ2v) is 5.02. The van der Waals surface area contributed by atoms with E-state index in [1.165, 1.54) is 18.5 Å². The lowest BCUT2D eigenvalue weighted by atomic mass is 10.3. The predicted molar refractivity (Wildman–Crippen MR) is 73.1 cm³/mol. The Bertz CT molecular complexity index is 527. The molecule has 100 valence electrons. The van der Waals surface area contributed by atoms with E-state index >= 15 is 0 Å². The van der Waals surface area contributed by atoms with Gasteiger partial charge in [0.05, 0.1) is 11.4 Å². The minimum absolute atomic E-state index is 0.673. The van der Waals surface area contributed by atoms with E-state index in [-0.39, 0.29) is 0 Å². The van der Waals surface area contributed by atoms with Crippen molar-refractivity contribution in [2.75, 3.05) is 6.54 Å². The molecular weight excluding hydrogens is 238 g/mol. The van der Waals surface area contributed by atoms with Crippen molar-refractivity contribution in [1.29, 1.82) is 0 Å². The number of hydrogen-bond donors (Lipinski definition) is 1. The SMILES string of the molecule is CCCNCc1ccc(-n2ccc(C3CC3)n2)nn1. The first kappa shape index (κ1) is 12.3. The van der Waals surface area contributed by atoms with Crippen molar-refractivity contribution in [3.8, 4) is 5.82 Å². The summed E-state index contributed by atoms with van der Waals surface area (Å²) in [5, 5.41) is 16.3. The van der Waals surface area contributed by atoms with Crippen molar-refractivity contribution in [1.82, 2.24) is 25.3 Å². The lowest BCUT2D eigenvalue weighted by Crippen LogP contribution is -2.15. The zero-order valence-electron chi connectivity index (χ0n) is 11.2. The number of nitrogens with zero attached hydrogens (tertiary/aromatic N) is 4. The average Bonchev–Trinajstić information content (AvgIpc) is 3.18. The van der Waals surface area contributed by atoms with Crippen LogP contribution in [0.4, 0.5) is 0 Å². The van der Waals surface area contributed by atoms with Gasteiger partial charge in [-0.3, -0.25) is 0 Å². The molecule has 0 radical (unpaired) electrons. The third-order valence-corrected chi connectivity index (χ3v) is 3.28. The van der Waals surface area contributed by atoms with Crippen molar-refractivity contribution in [3.05, 3.63) is 35.8 Å². The Morgan fingerprint density at radius 1 is 1.26 bits per heavy atom. The van der Waals surface area contributed by atoms with Gasteiger partial charge in [-0.1, -0.05) is 6.92 Å². The van der Waals surface area contributed by atoms with E-state index in [2.05, 4.69) is 33.6 Å². The first-order valence-electron chi connectivity index (χ1n) is 6.96. The van der Waals surface area contributed by atoms with Crippen LogP contribution in [0.1, 0.15) is 43.5 Å². The summed E-state index contributed by atoms with van der Waals surface area (Å²) in [6, 6.07) is 6.05. The van der Waals surface area contributed by atoms with E-state index in [4.69, 9.17) is 0 Å². The van der Waals surface area contributed by atoms with E-state index in [0.717, 1.165) is 31.0 Å². The molecule has 1 aliphatic rings. The molecule has 2 aromatic heterocycles. The third kappa shape index (κ3) is 2.98. The largest absolute Gasteiger partial charge is 0.311 e. The number of aromatic nitrogens is 4. The van der Waals surface area contributed by atoms with Crippen molar-refractivity contribution < 1.29 is 0 Å². The predicted octanol–water partition coefficient (Wildman–Crippen LogP) is 2.04. The highest BCUT2D eigenvalue weighted by Gasteiger charge is 2.25. The molecule has 0 spiro atoms. The number of rotatable bonds is 6. The molecule has 0 unspecified atom stereocenters. The molecule has 0 saturated heterocycles. The fourth-order valence-corrected chi connectivity index (χ4v) is 2.03. The summed E-state index contributed by atoms with van der Waals surface area (Å²) in [5.74, 6) is 1.46. The van der Waals surface area contributed by atoms with Gasteiger partial charge in [0, 0.05) is 18.7 Å². The van der Waals surface area contributed by atoms with Gasteiger partial charge < -0.3 is 5.32 Å². The Balaban J connectivity index is 1.66. The molecule has 0 aromatic carbocycles. The van der Waals surface area contributed by atoms with Crippen LogP contribution in [0.2, 0.25) is 0 Å². The van der Waals surface area contributed by atoms with Crippen LogP contribution in [0.3, 0.4) is 0 Å². The molecule has 0 amide bonds. The van der Waals surface area contributed by atoms with Gasteiger partial charge in [-0.15, -0.1) is 5.10 Å². The monoisotopic (exact) mass is 257 g/mol. The summed E-state index contributed by atoms with van der Waals surface area (Å²) >= 11 is 0. The van der Waals surface area contributed by atoms with Gasteiger partial charge in [0.25, 0.3) is 0 Å². The maximum Gasteiger partial charge on any atom is 0.175 e. The maximum absolute atomic E-state index is 4.55. The third-order valence-electron chi connectivity index (χ3n) is 3.28. The highest BCUT2D eigenvalue weighted by atomic mass is 15.3. The first-order valence-corrected chi connectivity index (χ1v) is 6.96. The average molecular weight is 257 g/mol. The van der Waals surface area contributed by atoms with Crippen LogP contribution in [0.25, 0.3) is 5.82 Å². The van der Waals surface area contributed by atoms with Gasteiger partial charge in [0.15, 0.2) is 5.82 Å². The number of hydrogen-bond acceptors (Lipinski definition) is 4. The molecule has 19 heavy (non-hydrogen) atoms. The molecule has 0 aliphatic heterocycles. The molecule has 5 heteroatoms. The normalized spacial score (nSPS) is 14.8. The Hall–Kier alpha value is -1.75. The zero-order chi connectivity index (χ0) is 13.1. The molecule has 1 saturated carbocycles. The summed E-state index contributed by atoms with van der Waals surface area (Å²) in [6.07, 6.45) is 5.63. The molecule has 1 aliphatic carbocycles. The van der Waals surface area contributed by atoms with Crippen LogP contribution in [0.15, 0.2) is 24.4 Å². The van der Waals surface area contributed by atoms with Crippen molar-refractivity contribution in [2.45, 2.75) is 38.6 Å². The van der Waals surface area contributed by atoms with Gasteiger partial charge >= 0.3 is 0 Å². The summed E-state index contributed by atoms with van der Waals surface area (Å²) in [6.45, 7) is 3.93. The lowest BCUT2D eigenvalue weighted by molar-refractivity contribution is 0.653. The zero-order valence-corrected chi connectivity index (χ0v) is 11.2. The molecule has 1 N–H and O–H groups in total. The second-order valence-electron chi connectivity index (χ2n) is 5.02. The molecule has 1 fully saturated rings. The fourth-order valence-electron chi connectivity index (χ4n) is 2.03. The molecule has 0 bridgehead atoms. The van der Waals surface area contributed by atoms with Gasteiger partial charge in [-0.25, -0.2) is 4.68 Å². The van der Waals surface area contributed by atoms with Gasteiger partial charge in [-0.05, 0) is 44.0 Å². The van der Waals surface area contributed by atoms with Crippen molar-refractivity contribution in [2.24, 2.45) is 0 Å². The van der Waals surface area contributed by atoms with Crippen molar-refractivity contribution in [3.63, 3.8) is 0 Å². The number of nitrogens with one attached hydrogen (secondary N) is 1. The van der Waals surface area contributed by atoms with Crippen molar-refractivity contribution >= 4 is 0 Å². The molecule has 5 nitrogen and oxygen atoms in total. The van der Waals surface area contributed by atoms with E-state index in [0.29, 0.717) is 5.92 Å². The van der Waals surface area contributed by atoms with E-state index in [1.54, 1.807) is 0 Å². The summed E-state index contributed by atoms with van der Waals surface area (Å²) in [5.41, 5.74) is 2.14. The van der Waals surface area contributed by atoms with Gasteiger partial charge in [0.1, 0.15) is 0 Å². The molecule has 3 rings (SSSR count). The van der Waals surface area contributed by atoms with E-state index in [1.807, 2.05) is 23.0 Å². The summed E-state index contributed by atoms with van der Waals surface area (Å²) < 4.78 is 1.81. The first-order chi connectivity index (χ1) is 9.36. The van der Waals surface area contributed by atoms with Gasteiger partial charge in [0.2, 0.25) is 0 Å². The highest BCUT2D eigenvalue weighted by molar-refractivity contribution is 5.23. The summed E-state index contributed by atoms with van der Waals surface area (Å²) in [4.78, 5) is 0. The van der Waals surface area contributed by atoms with E-state index in [9.17, 15) is 0 Å². The molecule has 2 aromatic rings. The van der Waals surface area contributed by atoms with Gasteiger partial charge in [-0.2, -0.15) is 10.2 Å². The standard InChI is InChI=1S/C14H19N5/c1-2-8-15-10-12-5-6-14(17-16-12)19-9-7-13(18-19)11-3-4-11/h5-7,9,11,15H,2-4,8,10H2,1H3. The molecule has 0 atom stereocenters. The second kappa shape index (κ2) is 5.48. The highest BCUT2D eigenvalue weighted by Crippen LogP contribution is 2.38. The van der Waals surface area contributed by atoms with Crippen LogP contribution >= 0.6 is 0 Å². The smallest absolute Gasteiger partial charge is 0.175 e. The van der Waals surface area contributed by atoms with Crippen LogP contribution in [0, 0.1) is 0 Å². The molecular formula is C14H19N5. The van der Waals surface area contributed by atoms with Crippen LogP contribution in [0.5, 0.6) is 0 Å². The Morgan fingerprint density at radius 2 is 2.16 bits per heavy atom. The van der Waals surface area contributed by atoms with E-state index < -0.39 is 0 Å². The topological polar surface area (TPSA) is 55.6 Å². The Kier molecular flexibility index (Phi) is 3.55.